The molecule has 6 nitrogen and oxygen atoms in total. The molecule has 140 valence electrons. The van der Waals surface area contributed by atoms with E-state index in [0.717, 1.165) is 37.5 Å². The van der Waals surface area contributed by atoms with Crippen molar-refractivity contribution in [1.82, 2.24) is 15.0 Å². The van der Waals surface area contributed by atoms with Crippen molar-refractivity contribution in [3.63, 3.8) is 0 Å². The maximum Gasteiger partial charge on any atom is 0.292 e. The number of benzene rings is 1. The number of para-hydroxylation sites is 1. The van der Waals surface area contributed by atoms with Gasteiger partial charge in [0, 0.05) is 38.8 Å². The lowest BCUT2D eigenvalue weighted by atomic mass is 10.1. The number of rotatable bonds is 7. The van der Waals surface area contributed by atoms with Gasteiger partial charge in [0.2, 0.25) is 5.76 Å². The van der Waals surface area contributed by atoms with Crippen LogP contribution in [-0.4, -0.2) is 60.2 Å². The monoisotopic (exact) mass is 357 g/mol. The van der Waals surface area contributed by atoms with E-state index in [1.54, 1.807) is 6.07 Å². The predicted octanol–water partition coefficient (Wildman–Crippen LogP) is 2.71. The molecule has 0 aliphatic carbocycles. The zero-order valence-electron chi connectivity index (χ0n) is 15.6. The topological polar surface area (TPSA) is 58.8 Å². The van der Waals surface area contributed by atoms with Gasteiger partial charge in [0.1, 0.15) is 12.4 Å². The third-order valence-corrected chi connectivity index (χ3v) is 4.47. The predicted molar refractivity (Wildman–Crippen MR) is 99.3 cm³/mol. The van der Waals surface area contributed by atoms with Crippen molar-refractivity contribution in [1.29, 1.82) is 0 Å². The third kappa shape index (κ3) is 5.08. The summed E-state index contributed by atoms with van der Waals surface area (Å²) < 4.78 is 11.0. The molecule has 1 aromatic heterocycles. The highest BCUT2D eigenvalue weighted by molar-refractivity contribution is 5.91. The van der Waals surface area contributed by atoms with E-state index in [4.69, 9.17) is 9.26 Å². The number of aromatic nitrogens is 1. The Balaban J connectivity index is 1.41. The van der Waals surface area contributed by atoms with Gasteiger partial charge in [0.05, 0.1) is 5.69 Å². The van der Waals surface area contributed by atoms with Gasteiger partial charge in [-0.05, 0) is 24.5 Å². The highest BCUT2D eigenvalue weighted by atomic mass is 16.5. The largest absolute Gasteiger partial charge is 0.492 e. The molecule has 0 unspecified atom stereocenters. The lowest BCUT2D eigenvalue weighted by Crippen LogP contribution is -2.49. The minimum absolute atomic E-state index is 0.0623. The highest BCUT2D eigenvalue weighted by Gasteiger charge is 2.25. The molecule has 0 spiro atoms. The van der Waals surface area contributed by atoms with E-state index in [1.165, 1.54) is 0 Å². The molecule has 0 saturated carbocycles. The van der Waals surface area contributed by atoms with Crippen molar-refractivity contribution in [2.75, 3.05) is 39.3 Å². The first kappa shape index (κ1) is 18.5. The second-order valence-corrected chi connectivity index (χ2v) is 7.08. The van der Waals surface area contributed by atoms with E-state index in [9.17, 15) is 4.79 Å². The van der Waals surface area contributed by atoms with Gasteiger partial charge in [0.15, 0.2) is 0 Å². The van der Waals surface area contributed by atoms with Crippen molar-refractivity contribution in [3.8, 4) is 5.75 Å². The Hall–Kier alpha value is -2.34. The Morgan fingerprint density at radius 1 is 1.19 bits per heavy atom. The van der Waals surface area contributed by atoms with E-state index in [2.05, 4.69) is 23.9 Å². The third-order valence-electron chi connectivity index (χ3n) is 4.47. The lowest BCUT2D eigenvalue weighted by Gasteiger charge is -2.34. The van der Waals surface area contributed by atoms with Crippen LogP contribution in [0.25, 0.3) is 0 Å². The minimum atomic E-state index is -0.0623. The first-order valence-corrected chi connectivity index (χ1v) is 9.27. The Morgan fingerprint density at radius 2 is 1.92 bits per heavy atom. The second kappa shape index (κ2) is 8.85. The Labute approximate surface area is 154 Å². The molecule has 0 atom stereocenters. The summed E-state index contributed by atoms with van der Waals surface area (Å²) in [7, 11) is 0. The van der Waals surface area contributed by atoms with Crippen LogP contribution >= 0.6 is 0 Å². The molecular formula is C20H27N3O3. The Kier molecular flexibility index (Phi) is 6.28. The van der Waals surface area contributed by atoms with Gasteiger partial charge in [-0.2, -0.15) is 0 Å². The molecule has 1 amide bonds. The van der Waals surface area contributed by atoms with Crippen LogP contribution in [0, 0.1) is 5.92 Å². The fourth-order valence-corrected chi connectivity index (χ4v) is 3.07. The summed E-state index contributed by atoms with van der Waals surface area (Å²) in [5.74, 6) is 1.67. The summed E-state index contributed by atoms with van der Waals surface area (Å²) in [6, 6.07) is 11.6. The summed E-state index contributed by atoms with van der Waals surface area (Å²) in [4.78, 5) is 16.7. The van der Waals surface area contributed by atoms with Crippen LogP contribution in [-0.2, 0) is 6.42 Å². The average molecular weight is 357 g/mol. The molecule has 2 aromatic rings. The van der Waals surface area contributed by atoms with Gasteiger partial charge in [-0.15, -0.1) is 0 Å². The summed E-state index contributed by atoms with van der Waals surface area (Å²) >= 11 is 0. The van der Waals surface area contributed by atoms with Crippen LogP contribution < -0.4 is 4.74 Å². The Bertz CT molecular complexity index is 691. The van der Waals surface area contributed by atoms with E-state index in [0.29, 0.717) is 31.4 Å². The molecule has 0 bridgehead atoms. The molecular weight excluding hydrogens is 330 g/mol. The summed E-state index contributed by atoms with van der Waals surface area (Å²) in [5.41, 5.74) is 0.847. The van der Waals surface area contributed by atoms with Gasteiger partial charge in [0.25, 0.3) is 5.91 Å². The van der Waals surface area contributed by atoms with Crippen molar-refractivity contribution in [3.05, 3.63) is 47.9 Å². The van der Waals surface area contributed by atoms with E-state index >= 15 is 0 Å². The van der Waals surface area contributed by atoms with Crippen molar-refractivity contribution in [2.24, 2.45) is 5.92 Å². The van der Waals surface area contributed by atoms with Gasteiger partial charge in [-0.3, -0.25) is 9.69 Å². The zero-order chi connectivity index (χ0) is 18.4. The van der Waals surface area contributed by atoms with Crippen LogP contribution in [0.3, 0.4) is 0 Å². The van der Waals surface area contributed by atoms with Crippen molar-refractivity contribution < 1.29 is 14.1 Å². The molecule has 0 N–H and O–H groups in total. The molecule has 1 aliphatic rings. The maximum absolute atomic E-state index is 12.6. The molecule has 1 saturated heterocycles. The van der Waals surface area contributed by atoms with Crippen LogP contribution in [0.2, 0.25) is 0 Å². The highest BCUT2D eigenvalue weighted by Crippen LogP contribution is 2.13. The van der Waals surface area contributed by atoms with Gasteiger partial charge in [-0.1, -0.05) is 37.2 Å². The minimum Gasteiger partial charge on any atom is -0.492 e. The van der Waals surface area contributed by atoms with Crippen LogP contribution in [0.4, 0.5) is 0 Å². The molecule has 3 rings (SSSR count). The van der Waals surface area contributed by atoms with Crippen molar-refractivity contribution in [2.45, 2.75) is 20.3 Å². The van der Waals surface area contributed by atoms with E-state index in [-0.39, 0.29) is 5.91 Å². The van der Waals surface area contributed by atoms with Crippen LogP contribution in [0.5, 0.6) is 5.75 Å². The maximum atomic E-state index is 12.6. The van der Waals surface area contributed by atoms with Gasteiger partial charge in [-0.25, -0.2) is 0 Å². The number of amides is 1. The second-order valence-electron chi connectivity index (χ2n) is 7.08. The average Bonchev–Trinajstić information content (AvgIpc) is 3.10. The van der Waals surface area contributed by atoms with Crippen LogP contribution in [0.15, 0.2) is 40.9 Å². The fraction of sp³-hybridized carbons (Fsp3) is 0.500. The first-order valence-electron chi connectivity index (χ1n) is 9.27. The van der Waals surface area contributed by atoms with E-state index < -0.39 is 0 Å². The molecule has 1 aromatic carbocycles. The fourth-order valence-electron chi connectivity index (χ4n) is 3.07. The summed E-state index contributed by atoms with van der Waals surface area (Å²) in [6.45, 7) is 8.84. The number of hydrogen-bond donors (Lipinski definition) is 0. The molecule has 1 aliphatic heterocycles. The van der Waals surface area contributed by atoms with Gasteiger partial charge < -0.3 is 14.2 Å². The van der Waals surface area contributed by atoms with Crippen LogP contribution in [0.1, 0.15) is 30.1 Å². The molecule has 26 heavy (non-hydrogen) atoms. The number of piperazine rings is 1. The number of carbonyl (C=O) groups excluding carboxylic acids is 1. The quantitative estimate of drug-likeness (QED) is 0.762. The number of carbonyl (C=O) groups is 1. The number of hydrogen-bond acceptors (Lipinski definition) is 5. The summed E-state index contributed by atoms with van der Waals surface area (Å²) in [5, 5.41) is 4.01. The standard InChI is InChI=1S/C20H27N3O3/c1-16(2)14-17-15-19(26-21-17)20(24)23-10-8-22(9-11-23)12-13-25-18-6-4-3-5-7-18/h3-7,15-16H,8-14H2,1-2H3. The molecule has 6 heteroatoms. The van der Waals surface area contributed by atoms with Crippen molar-refractivity contribution >= 4 is 5.91 Å². The summed E-state index contributed by atoms with van der Waals surface area (Å²) in [6.07, 6.45) is 0.825. The SMILES string of the molecule is CC(C)Cc1cc(C(=O)N2CCN(CCOc3ccccc3)CC2)on1. The zero-order valence-corrected chi connectivity index (χ0v) is 15.6. The lowest BCUT2D eigenvalue weighted by molar-refractivity contribution is 0.0581. The molecule has 2 heterocycles. The molecule has 1 fully saturated rings. The normalized spacial score (nSPS) is 15.4. The van der Waals surface area contributed by atoms with Gasteiger partial charge >= 0.3 is 0 Å². The van der Waals surface area contributed by atoms with E-state index in [1.807, 2.05) is 35.2 Å². The Morgan fingerprint density at radius 3 is 2.62 bits per heavy atom. The first-order chi connectivity index (χ1) is 12.6. The number of nitrogens with zero attached hydrogens (tertiary/aromatic N) is 3. The molecule has 0 radical (unpaired) electrons. The smallest absolute Gasteiger partial charge is 0.292 e. The number of ether oxygens (including phenoxy) is 1.